The summed E-state index contributed by atoms with van der Waals surface area (Å²) in [7, 11) is 8.56. The summed E-state index contributed by atoms with van der Waals surface area (Å²) >= 11 is 0. The van der Waals surface area contributed by atoms with Crippen LogP contribution in [0.25, 0.3) is 11.1 Å². The molecular weight excluding hydrogens is 256 g/mol. The Morgan fingerprint density at radius 2 is 1.57 bits per heavy atom. The van der Waals surface area contributed by atoms with Crippen molar-refractivity contribution in [1.29, 1.82) is 0 Å². The zero-order chi connectivity index (χ0) is 15.0. The van der Waals surface area contributed by atoms with Gasteiger partial charge in [0.2, 0.25) is 0 Å². The fourth-order valence-corrected chi connectivity index (χ4v) is 3.31. The van der Waals surface area contributed by atoms with E-state index in [0.29, 0.717) is 0 Å². The predicted molar refractivity (Wildman–Crippen MR) is 89.5 cm³/mol. The molecule has 3 rings (SSSR count). The van der Waals surface area contributed by atoms with Crippen molar-refractivity contribution in [2.45, 2.75) is 19.5 Å². The van der Waals surface area contributed by atoms with Crippen LogP contribution < -0.4 is 0 Å². The zero-order valence-corrected chi connectivity index (χ0v) is 13.5. The molecule has 0 aromatic heterocycles. The van der Waals surface area contributed by atoms with Crippen LogP contribution in [0.15, 0.2) is 36.4 Å². The highest BCUT2D eigenvalue weighted by Crippen LogP contribution is 2.39. The van der Waals surface area contributed by atoms with Crippen LogP contribution >= 0.6 is 0 Å². The van der Waals surface area contributed by atoms with Gasteiger partial charge in [0.15, 0.2) is 0 Å². The maximum Gasteiger partial charge on any atom is 0.0230 e. The van der Waals surface area contributed by atoms with Gasteiger partial charge in [-0.25, -0.2) is 0 Å². The second-order valence-corrected chi connectivity index (χ2v) is 6.59. The van der Waals surface area contributed by atoms with Gasteiger partial charge in [0.1, 0.15) is 0 Å². The third-order valence-corrected chi connectivity index (χ3v) is 4.06. The van der Waals surface area contributed by atoms with Crippen molar-refractivity contribution in [2.24, 2.45) is 0 Å². The van der Waals surface area contributed by atoms with E-state index >= 15 is 0 Å². The van der Waals surface area contributed by atoms with E-state index in [1.165, 1.54) is 33.4 Å². The third-order valence-electron chi connectivity index (χ3n) is 4.06. The van der Waals surface area contributed by atoms with Crippen LogP contribution in [0.4, 0.5) is 0 Å². The van der Waals surface area contributed by atoms with Crippen LogP contribution in [0.3, 0.4) is 0 Å². The van der Waals surface area contributed by atoms with E-state index in [1.807, 2.05) is 0 Å². The molecule has 0 atom stereocenters. The SMILES string of the molecule is CN(C)Cc1cc(CN(C)C)c2c(c1)-c1ccccc1C2. The van der Waals surface area contributed by atoms with Crippen molar-refractivity contribution in [3.8, 4) is 11.1 Å². The van der Waals surface area contributed by atoms with Crippen LogP contribution in [-0.2, 0) is 19.5 Å². The highest BCUT2D eigenvalue weighted by Gasteiger charge is 2.21. The molecule has 1 aliphatic carbocycles. The summed E-state index contributed by atoms with van der Waals surface area (Å²) in [6.45, 7) is 2.01. The number of hydrogen-bond acceptors (Lipinski definition) is 2. The molecule has 2 aromatic rings. The molecule has 110 valence electrons. The summed E-state index contributed by atoms with van der Waals surface area (Å²) < 4.78 is 0. The quantitative estimate of drug-likeness (QED) is 0.723. The molecule has 0 heterocycles. The molecule has 0 N–H and O–H groups in total. The van der Waals surface area contributed by atoms with E-state index in [4.69, 9.17) is 0 Å². The molecule has 2 aromatic carbocycles. The molecule has 0 bridgehead atoms. The molecule has 2 nitrogen and oxygen atoms in total. The van der Waals surface area contributed by atoms with E-state index in [-0.39, 0.29) is 0 Å². The van der Waals surface area contributed by atoms with Gasteiger partial charge in [-0.2, -0.15) is 0 Å². The second-order valence-electron chi connectivity index (χ2n) is 6.59. The molecule has 0 aliphatic heterocycles. The predicted octanol–water partition coefficient (Wildman–Crippen LogP) is 3.38. The summed E-state index contributed by atoms with van der Waals surface area (Å²) in [6.07, 6.45) is 1.08. The molecule has 2 heteroatoms. The lowest BCUT2D eigenvalue weighted by molar-refractivity contribution is 0.395. The number of hydrogen-bond donors (Lipinski definition) is 0. The Hall–Kier alpha value is -1.64. The average molecular weight is 280 g/mol. The van der Waals surface area contributed by atoms with Crippen LogP contribution in [0, 0.1) is 0 Å². The van der Waals surface area contributed by atoms with Gasteiger partial charge in [0, 0.05) is 13.1 Å². The van der Waals surface area contributed by atoms with Gasteiger partial charge >= 0.3 is 0 Å². The van der Waals surface area contributed by atoms with Gasteiger partial charge in [-0.1, -0.05) is 30.3 Å². The monoisotopic (exact) mass is 280 g/mol. The zero-order valence-electron chi connectivity index (χ0n) is 13.5. The van der Waals surface area contributed by atoms with Crippen molar-refractivity contribution in [3.63, 3.8) is 0 Å². The fraction of sp³-hybridized carbons (Fsp3) is 0.368. The Morgan fingerprint density at radius 1 is 0.857 bits per heavy atom. The lowest BCUT2D eigenvalue weighted by atomic mass is 9.97. The largest absolute Gasteiger partial charge is 0.305 e. The maximum absolute atomic E-state index is 2.39. The van der Waals surface area contributed by atoms with Gasteiger partial charge in [-0.3, -0.25) is 0 Å². The topological polar surface area (TPSA) is 6.48 Å². The van der Waals surface area contributed by atoms with Crippen molar-refractivity contribution in [2.75, 3.05) is 28.2 Å². The Labute approximate surface area is 128 Å². The smallest absolute Gasteiger partial charge is 0.0230 e. The number of benzene rings is 2. The van der Waals surface area contributed by atoms with E-state index in [9.17, 15) is 0 Å². The first-order valence-corrected chi connectivity index (χ1v) is 7.57. The third kappa shape index (κ3) is 2.87. The molecule has 21 heavy (non-hydrogen) atoms. The lowest BCUT2D eigenvalue weighted by Crippen LogP contribution is -2.14. The molecule has 0 radical (unpaired) electrons. The fourth-order valence-electron chi connectivity index (χ4n) is 3.31. The van der Waals surface area contributed by atoms with Crippen molar-refractivity contribution < 1.29 is 0 Å². The molecule has 0 spiro atoms. The molecule has 0 saturated heterocycles. The number of fused-ring (bicyclic) bond motifs is 3. The summed E-state index contributed by atoms with van der Waals surface area (Å²) in [5.74, 6) is 0. The Kier molecular flexibility index (Phi) is 3.83. The van der Waals surface area contributed by atoms with E-state index in [0.717, 1.165) is 19.5 Å². The maximum atomic E-state index is 2.39. The average Bonchev–Trinajstić information content (AvgIpc) is 2.77. The molecule has 0 amide bonds. The van der Waals surface area contributed by atoms with Crippen molar-refractivity contribution in [1.82, 2.24) is 9.80 Å². The minimum Gasteiger partial charge on any atom is -0.305 e. The molecule has 0 fully saturated rings. The Balaban J connectivity index is 2.10. The molecule has 1 aliphatic rings. The number of rotatable bonds is 4. The summed E-state index contributed by atoms with van der Waals surface area (Å²) in [6, 6.07) is 13.6. The van der Waals surface area contributed by atoms with E-state index in [2.05, 4.69) is 74.4 Å². The standard InChI is InChI=1S/C19H24N2/c1-20(2)12-14-9-16(13-21(3)4)18-11-15-7-5-6-8-17(15)19(18)10-14/h5-10H,11-13H2,1-4H3. The van der Waals surface area contributed by atoms with E-state index < -0.39 is 0 Å². The van der Waals surface area contributed by atoms with Crippen molar-refractivity contribution in [3.05, 3.63) is 58.7 Å². The Morgan fingerprint density at radius 3 is 2.29 bits per heavy atom. The lowest BCUT2D eigenvalue weighted by Gasteiger charge is -2.18. The highest BCUT2D eigenvalue weighted by atomic mass is 15.1. The normalized spacial score (nSPS) is 12.9. The first kappa shape index (κ1) is 14.3. The van der Waals surface area contributed by atoms with Crippen LogP contribution in [-0.4, -0.2) is 38.0 Å². The summed E-state index contributed by atoms with van der Waals surface area (Å²) in [5, 5.41) is 0. The Bertz CT molecular complexity index is 657. The summed E-state index contributed by atoms with van der Waals surface area (Å²) in [5.41, 5.74) is 8.75. The van der Waals surface area contributed by atoms with Gasteiger partial charge < -0.3 is 9.80 Å². The minimum atomic E-state index is 0.996. The highest BCUT2D eigenvalue weighted by molar-refractivity contribution is 5.78. The summed E-state index contributed by atoms with van der Waals surface area (Å²) in [4.78, 5) is 4.50. The van der Waals surface area contributed by atoms with Gasteiger partial charge in [0.25, 0.3) is 0 Å². The van der Waals surface area contributed by atoms with Crippen LogP contribution in [0.1, 0.15) is 22.3 Å². The van der Waals surface area contributed by atoms with Gasteiger partial charge in [0.05, 0.1) is 0 Å². The van der Waals surface area contributed by atoms with Crippen molar-refractivity contribution >= 4 is 0 Å². The first-order valence-electron chi connectivity index (χ1n) is 7.57. The van der Waals surface area contributed by atoms with Crippen LogP contribution in [0.2, 0.25) is 0 Å². The molecule has 0 unspecified atom stereocenters. The second kappa shape index (κ2) is 5.63. The van der Waals surface area contributed by atoms with Crippen LogP contribution in [0.5, 0.6) is 0 Å². The molecular formula is C19H24N2. The van der Waals surface area contributed by atoms with Gasteiger partial charge in [-0.05, 0) is 74.1 Å². The molecule has 0 saturated carbocycles. The van der Waals surface area contributed by atoms with Gasteiger partial charge in [-0.15, -0.1) is 0 Å². The first-order chi connectivity index (χ1) is 10.0. The number of nitrogens with zero attached hydrogens (tertiary/aromatic N) is 2. The minimum absolute atomic E-state index is 0.996. The van der Waals surface area contributed by atoms with E-state index in [1.54, 1.807) is 0 Å².